The van der Waals surface area contributed by atoms with E-state index in [1.165, 1.54) is 0 Å². The van der Waals surface area contributed by atoms with Crippen LogP contribution in [0.3, 0.4) is 0 Å². The molecule has 0 radical (unpaired) electrons. The maximum absolute atomic E-state index is 8.88. The van der Waals surface area contributed by atoms with Crippen molar-refractivity contribution in [1.29, 1.82) is 5.41 Å². The van der Waals surface area contributed by atoms with E-state index in [2.05, 4.69) is 6.58 Å². The maximum atomic E-state index is 8.88. The molecule has 0 aromatic carbocycles. The summed E-state index contributed by atoms with van der Waals surface area (Å²) in [6, 6.07) is 0. The second kappa shape index (κ2) is 4.54. The Morgan fingerprint density at radius 1 is 1.25 bits per heavy atom. The summed E-state index contributed by atoms with van der Waals surface area (Å²) in [5, 5.41) is 16.2. The second-order valence-corrected chi connectivity index (χ2v) is 2.92. The highest BCUT2D eigenvalue weighted by Gasteiger charge is 2.00. The van der Waals surface area contributed by atoms with Crippen LogP contribution in [0.5, 0.6) is 0 Å². The van der Waals surface area contributed by atoms with Crippen molar-refractivity contribution in [1.82, 2.24) is 0 Å². The molecular weight excluding hydrogens is 150 g/mol. The molecule has 0 rings (SSSR count). The molecule has 2 heteroatoms. The van der Waals surface area contributed by atoms with Crippen LogP contribution in [-0.2, 0) is 0 Å². The Balaban J connectivity index is 4.49. The summed E-state index contributed by atoms with van der Waals surface area (Å²) in [4.78, 5) is 0. The van der Waals surface area contributed by atoms with Crippen LogP contribution in [0.15, 0.2) is 35.6 Å². The van der Waals surface area contributed by atoms with Gasteiger partial charge in [-0.1, -0.05) is 24.3 Å². The van der Waals surface area contributed by atoms with Crippen molar-refractivity contribution in [2.24, 2.45) is 0 Å². The molecular formula is C10H15NO. The minimum Gasteiger partial charge on any atom is -0.506 e. The predicted molar refractivity (Wildman–Crippen MR) is 52.7 cm³/mol. The lowest BCUT2D eigenvalue weighted by Crippen LogP contribution is -2.00. The largest absolute Gasteiger partial charge is 0.506 e. The van der Waals surface area contributed by atoms with Gasteiger partial charge in [-0.3, -0.25) is 5.41 Å². The fourth-order valence-electron chi connectivity index (χ4n) is 0.603. The number of rotatable bonds is 3. The van der Waals surface area contributed by atoms with Gasteiger partial charge in [0.05, 0.1) is 5.71 Å². The quantitative estimate of drug-likeness (QED) is 0.377. The Kier molecular flexibility index (Phi) is 4.05. The van der Waals surface area contributed by atoms with E-state index in [0.29, 0.717) is 5.57 Å². The summed E-state index contributed by atoms with van der Waals surface area (Å²) in [6.07, 6.45) is 3.69. The molecule has 0 aliphatic heterocycles. The SMILES string of the molecule is C=C(O)C(=N)/C(C)=C\C=C(C)C. The molecule has 0 heterocycles. The van der Waals surface area contributed by atoms with Gasteiger partial charge < -0.3 is 5.11 Å². The van der Waals surface area contributed by atoms with E-state index in [9.17, 15) is 0 Å². The molecule has 66 valence electrons. The van der Waals surface area contributed by atoms with Crippen molar-refractivity contribution in [2.75, 3.05) is 0 Å². The smallest absolute Gasteiger partial charge is 0.133 e. The molecule has 0 unspecified atom stereocenters. The van der Waals surface area contributed by atoms with Crippen LogP contribution in [0.25, 0.3) is 0 Å². The molecule has 0 saturated heterocycles. The van der Waals surface area contributed by atoms with E-state index in [4.69, 9.17) is 10.5 Å². The third kappa shape index (κ3) is 3.76. The number of hydrogen-bond acceptors (Lipinski definition) is 2. The van der Waals surface area contributed by atoms with Gasteiger partial charge >= 0.3 is 0 Å². The number of aliphatic hydroxyl groups is 1. The van der Waals surface area contributed by atoms with Crippen LogP contribution in [0, 0.1) is 5.41 Å². The Labute approximate surface area is 73.4 Å². The van der Waals surface area contributed by atoms with Crippen LogP contribution in [0.4, 0.5) is 0 Å². The Hall–Kier alpha value is -1.31. The third-order valence-corrected chi connectivity index (χ3v) is 1.35. The van der Waals surface area contributed by atoms with Crippen LogP contribution >= 0.6 is 0 Å². The van der Waals surface area contributed by atoms with Gasteiger partial charge in [0.2, 0.25) is 0 Å². The summed E-state index contributed by atoms with van der Waals surface area (Å²) >= 11 is 0. The lowest BCUT2D eigenvalue weighted by molar-refractivity contribution is 0.445. The normalized spacial score (nSPS) is 10.8. The van der Waals surface area contributed by atoms with Crippen LogP contribution < -0.4 is 0 Å². The minimum atomic E-state index is -0.189. The van der Waals surface area contributed by atoms with Gasteiger partial charge in [-0.2, -0.15) is 0 Å². The first kappa shape index (κ1) is 10.7. The summed E-state index contributed by atoms with van der Waals surface area (Å²) in [6.45, 7) is 8.99. The number of aliphatic hydroxyl groups excluding tert-OH is 1. The lowest BCUT2D eigenvalue weighted by atomic mass is 10.1. The Morgan fingerprint density at radius 3 is 2.08 bits per heavy atom. The van der Waals surface area contributed by atoms with E-state index in [-0.39, 0.29) is 11.5 Å². The van der Waals surface area contributed by atoms with Crippen molar-refractivity contribution >= 4 is 5.71 Å². The molecule has 0 aromatic rings. The molecule has 2 nitrogen and oxygen atoms in total. The van der Waals surface area contributed by atoms with Crippen LogP contribution in [-0.4, -0.2) is 10.8 Å². The zero-order valence-electron chi connectivity index (χ0n) is 7.81. The topological polar surface area (TPSA) is 44.1 Å². The average Bonchev–Trinajstić information content (AvgIpc) is 1.98. The molecule has 0 amide bonds. The van der Waals surface area contributed by atoms with Gasteiger partial charge in [0.1, 0.15) is 5.76 Å². The Bertz CT molecular complexity index is 255. The summed E-state index contributed by atoms with van der Waals surface area (Å²) in [7, 11) is 0. The first-order valence-electron chi connectivity index (χ1n) is 3.74. The highest BCUT2D eigenvalue weighted by Crippen LogP contribution is 2.02. The molecule has 2 N–H and O–H groups in total. The second-order valence-electron chi connectivity index (χ2n) is 2.92. The summed E-state index contributed by atoms with van der Waals surface area (Å²) in [5.41, 5.74) is 1.96. The van der Waals surface area contributed by atoms with Crippen molar-refractivity contribution in [3.8, 4) is 0 Å². The minimum absolute atomic E-state index is 0.0903. The van der Waals surface area contributed by atoms with Crippen molar-refractivity contribution < 1.29 is 5.11 Å². The molecule has 0 bridgehead atoms. The highest BCUT2D eigenvalue weighted by atomic mass is 16.3. The van der Waals surface area contributed by atoms with E-state index in [1.54, 1.807) is 13.0 Å². The number of allylic oxidation sites excluding steroid dienone is 4. The monoisotopic (exact) mass is 165 g/mol. The molecule has 0 fully saturated rings. The van der Waals surface area contributed by atoms with E-state index < -0.39 is 0 Å². The zero-order chi connectivity index (χ0) is 9.72. The fourth-order valence-corrected chi connectivity index (χ4v) is 0.603. The van der Waals surface area contributed by atoms with Gasteiger partial charge in [0.15, 0.2) is 0 Å². The summed E-state index contributed by atoms with van der Waals surface area (Å²) < 4.78 is 0. The van der Waals surface area contributed by atoms with E-state index >= 15 is 0 Å². The Morgan fingerprint density at radius 2 is 1.75 bits per heavy atom. The first-order chi connectivity index (χ1) is 5.45. The number of nitrogens with one attached hydrogen (secondary N) is 1. The van der Waals surface area contributed by atoms with Crippen molar-refractivity contribution in [3.05, 3.63) is 35.6 Å². The van der Waals surface area contributed by atoms with Crippen LogP contribution in [0.1, 0.15) is 20.8 Å². The zero-order valence-corrected chi connectivity index (χ0v) is 7.81. The van der Waals surface area contributed by atoms with Crippen molar-refractivity contribution in [2.45, 2.75) is 20.8 Å². The molecule has 0 aliphatic carbocycles. The highest BCUT2D eigenvalue weighted by molar-refractivity contribution is 6.07. The summed E-state index contributed by atoms with van der Waals surface area (Å²) in [5.74, 6) is -0.189. The van der Waals surface area contributed by atoms with Crippen molar-refractivity contribution in [3.63, 3.8) is 0 Å². The molecule has 0 saturated carbocycles. The van der Waals surface area contributed by atoms with Gasteiger partial charge in [-0.05, 0) is 26.3 Å². The first-order valence-corrected chi connectivity index (χ1v) is 3.74. The standard InChI is InChI=1S/C10H15NO/c1-7(2)5-6-8(3)10(11)9(4)12/h5-6,11-12H,4H2,1-3H3/b8-6-,11-10?. The van der Waals surface area contributed by atoms with E-state index in [0.717, 1.165) is 5.57 Å². The lowest BCUT2D eigenvalue weighted by Gasteiger charge is -1.99. The predicted octanol–water partition coefficient (Wildman–Crippen LogP) is 2.99. The average molecular weight is 165 g/mol. The fraction of sp³-hybridized carbons (Fsp3) is 0.300. The molecule has 12 heavy (non-hydrogen) atoms. The molecule has 0 atom stereocenters. The molecule has 0 spiro atoms. The van der Waals surface area contributed by atoms with Gasteiger partial charge in [-0.25, -0.2) is 0 Å². The van der Waals surface area contributed by atoms with E-state index in [1.807, 2.05) is 19.9 Å². The molecule has 0 aliphatic rings. The third-order valence-electron chi connectivity index (χ3n) is 1.35. The number of hydrogen-bond donors (Lipinski definition) is 2. The van der Waals surface area contributed by atoms with Gasteiger partial charge in [0, 0.05) is 0 Å². The van der Waals surface area contributed by atoms with Crippen LogP contribution in [0.2, 0.25) is 0 Å². The van der Waals surface area contributed by atoms with Gasteiger partial charge in [0.25, 0.3) is 0 Å². The molecule has 0 aromatic heterocycles. The maximum Gasteiger partial charge on any atom is 0.133 e. The van der Waals surface area contributed by atoms with Gasteiger partial charge in [-0.15, -0.1) is 0 Å².